The molecule has 0 heterocycles. The van der Waals surface area contributed by atoms with Crippen LogP contribution < -0.4 is 10.6 Å². The Bertz CT molecular complexity index is 493. The molecule has 150 valence electrons. The van der Waals surface area contributed by atoms with Gasteiger partial charge in [-0.25, -0.2) is 0 Å². The van der Waals surface area contributed by atoms with Gasteiger partial charge in [-0.15, -0.1) is 0 Å². The molecule has 0 aliphatic heterocycles. The van der Waals surface area contributed by atoms with Crippen molar-refractivity contribution < 1.29 is 19.6 Å². The lowest BCUT2D eigenvalue weighted by molar-refractivity contribution is -0.139. The topological polar surface area (TPSA) is 102 Å². The molecule has 0 aromatic rings. The van der Waals surface area contributed by atoms with E-state index in [-0.39, 0.29) is 30.0 Å². The summed E-state index contributed by atoms with van der Waals surface area (Å²) in [5.74, 6) is -0.214. The fraction of sp³-hybridized carbons (Fsp3) is 0.889. The highest BCUT2D eigenvalue weighted by molar-refractivity contribution is 6.40. The first-order valence-corrected chi connectivity index (χ1v) is 9.48. The molecule has 8 heteroatoms. The maximum Gasteiger partial charge on any atom is 0.451 e. The summed E-state index contributed by atoms with van der Waals surface area (Å²) in [5.41, 5.74) is -1.38. The van der Waals surface area contributed by atoms with Crippen LogP contribution in [0.4, 0.5) is 0 Å². The highest BCUT2D eigenvalue weighted by Gasteiger charge is 2.50. The summed E-state index contributed by atoms with van der Waals surface area (Å²) in [6, 6.07) is 0. The fourth-order valence-electron chi connectivity index (χ4n) is 3.98. The van der Waals surface area contributed by atoms with Gasteiger partial charge in [-0.1, -0.05) is 6.42 Å². The van der Waals surface area contributed by atoms with Gasteiger partial charge in [-0.2, -0.15) is 0 Å². The molecule has 3 atom stereocenters. The number of amides is 2. The molecule has 1 fully saturated rings. The van der Waals surface area contributed by atoms with Gasteiger partial charge in [0.05, 0.1) is 0 Å². The zero-order valence-electron chi connectivity index (χ0n) is 17.1. The smallest absolute Gasteiger partial charge is 0.427 e. The summed E-state index contributed by atoms with van der Waals surface area (Å²) in [6.45, 7) is 7.92. The van der Waals surface area contributed by atoms with Crippen molar-refractivity contribution in [2.24, 2.45) is 11.8 Å². The zero-order valence-corrected chi connectivity index (χ0v) is 17.1. The molecule has 4 N–H and O–H groups in total. The van der Waals surface area contributed by atoms with Crippen molar-refractivity contribution in [3.63, 3.8) is 0 Å². The van der Waals surface area contributed by atoms with Crippen LogP contribution in [0, 0.1) is 11.8 Å². The van der Waals surface area contributed by atoms with E-state index in [0.29, 0.717) is 19.4 Å². The van der Waals surface area contributed by atoms with E-state index in [1.807, 2.05) is 39.8 Å². The highest BCUT2D eigenvalue weighted by Crippen LogP contribution is 2.40. The molecule has 0 bridgehead atoms. The third-order valence-electron chi connectivity index (χ3n) is 4.94. The molecule has 0 aromatic heterocycles. The van der Waals surface area contributed by atoms with Crippen molar-refractivity contribution in [1.29, 1.82) is 0 Å². The van der Waals surface area contributed by atoms with Crippen LogP contribution in [0.1, 0.15) is 53.4 Å². The number of carbonyl (C=O) groups is 2. The monoisotopic (exact) mass is 369 g/mol. The van der Waals surface area contributed by atoms with Crippen LogP contribution in [-0.2, 0) is 9.59 Å². The van der Waals surface area contributed by atoms with E-state index in [1.54, 1.807) is 0 Å². The Balaban J connectivity index is 3.17. The average Bonchev–Trinajstić information content (AvgIpc) is 2.44. The quantitative estimate of drug-likeness (QED) is 0.493. The van der Waals surface area contributed by atoms with Gasteiger partial charge in [0.1, 0.15) is 5.54 Å². The lowest BCUT2D eigenvalue weighted by Crippen LogP contribution is -2.68. The summed E-state index contributed by atoms with van der Waals surface area (Å²) in [4.78, 5) is 27.4. The average molecular weight is 369 g/mol. The van der Waals surface area contributed by atoms with Crippen molar-refractivity contribution in [3.05, 3.63) is 0 Å². The van der Waals surface area contributed by atoms with E-state index in [2.05, 4.69) is 10.6 Å². The summed E-state index contributed by atoms with van der Waals surface area (Å²) in [6.07, 6.45) is 3.13. The molecule has 7 nitrogen and oxygen atoms in total. The molecule has 1 saturated carbocycles. The Labute approximate surface area is 158 Å². The second kappa shape index (κ2) is 9.19. The molecule has 0 radical (unpaired) electrons. The van der Waals surface area contributed by atoms with Gasteiger partial charge in [0.2, 0.25) is 11.8 Å². The minimum atomic E-state index is -1.34. The minimum Gasteiger partial charge on any atom is -0.427 e. The zero-order chi connectivity index (χ0) is 20.1. The number of hydrogen-bond donors (Lipinski definition) is 4. The lowest BCUT2D eigenvalue weighted by atomic mass is 9.65. The lowest BCUT2D eigenvalue weighted by Gasteiger charge is -2.48. The Kier molecular flexibility index (Phi) is 8.11. The predicted molar refractivity (Wildman–Crippen MR) is 103 cm³/mol. The van der Waals surface area contributed by atoms with Crippen LogP contribution in [0.2, 0.25) is 6.32 Å². The van der Waals surface area contributed by atoms with Gasteiger partial charge in [0.15, 0.2) is 0 Å². The van der Waals surface area contributed by atoms with Gasteiger partial charge in [0.25, 0.3) is 0 Å². The molecule has 26 heavy (non-hydrogen) atoms. The van der Waals surface area contributed by atoms with Crippen LogP contribution >= 0.6 is 0 Å². The van der Waals surface area contributed by atoms with Gasteiger partial charge < -0.3 is 25.6 Å². The number of nitrogens with zero attached hydrogens (tertiary/aromatic N) is 1. The largest absolute Gasteiger partial charge is 0.451 e. The van der Waals surface area contributed by atoms with E-state index < -0.39 is 18.2 Å². The van der Waals surface area contributed by atoms with Gasteiger partial charge in [0, 0.05) is 24.9 Å². The Hall–Kier alpha value is -1.12. The van der Waals surface area contributed by atoms with Crippen molar-refractivity contribution >= 4 is 18.9 Å². The molecule has 0 unspecified atom stereocenters. The van der Waals surface area contributed by atoms with E-state index in [1.165, 1.54) is 6.92 Å². The second-order valence-corrected chi connectivity index (χ2v) is 9.02. The summed E-state index contributed by atoms with van der Waals surface area (Å²) in [7, 11) is 2.59. The SMILES string of the molecule is CC(=O)N[C@]1(C(=O)NC(C)(C)C)C[C@H](CCB(O)O)CC[C@H]1CN(C)C. The number of hydrogen-bond acceptors (Lipinski definition) is 5. The molecule has 1 aliphatic rings. The number of rotatable bonds is 7. The third-order valence-corrected chi connectivity index (χ3v) is 4.94. The molecule has 0 saturated heterocycles. The maximum atomic E-state index is 13.3. The summed E-state index contributed by atoms with van der Waals surface area (Å²) >= 11 is 0. The first kappa shape index (κ1) is 22.9. The van der Waals surface area contributed by atoms with Crippen LogP contribution in [0.3, 0.4) is 0 Å². The fourth-order valence-corrected chi connectivity index (χ4v) is 3.98. The Morgan fingerprint density at radius 3 is 2.31 bits per heavy atom. The van der Waals surface area contributed by atoms with E-state index >= 15 is 0 Å². The van der Waals surface area contributed by atoms with Crippen molar-refractivity contribution in [3.8, 4) is 0 Å². The first-order valence-electron chi connectivity index (χ1n) is 9.48. The number of nitrogens with one attached hydrogen (secondary N) is 2. The molecular formula is C18H36BN3O4. The second-order valence-electron chi connectivity index (χ2n) is 9.02. The standard InChI is InChI=1S/C18H36BN3O4/c1-13(23)20-18(16(24)21-17(2,3)4)11-14(9-10-19(25)26)7-8-15(18)12-22(5)6/h14-15,25-26H,7-12H2,1-6H3,(H,20,23)(H,21,24)/t14-,15-,18+/m0/s1. The van der Waals surface area contributed by atoms with Crippen LogP contribution in [0.5, 0.6) is 0 Å². The third kappa shape index (κ3) is 6.89. The number of carbonyl (C=O) groups excluding carboxylic acids is 2. The van der Waals surface area contributed by atoms with Crippen LogP contribution in [0.25, 0.3) is 0 Å². The molecule has 0 aromatic carbocycles. The summed E-state index contributed by atoms with van der Waals surface area (Å²) < 4.78 is 0. The Morgan fingerprint density at radius 2 is 1.85 bits per heavy atom. The molecule has 0 spiro atoms. The van der Waals surface area contributed by atoms with Crippen molar-refractivity contribution in [2.75, 3.05) is 20.6 Å². The summed E-state index contributed by atoms with van der Waals surface area (Å²) in [5, 5.41) is 24.4. The molecule has 1 rings (SSSR count). The normalized spacial score (nSPS) is 26.5. The molecular weight excluding hydrogens is 333 g/mol. The maximum absolute atomic E-state index is 13.3. The first-order chi connectivity index (χ1) is 11.9. The predicted octanol–water partition coefficient (Wildman–Crippen LogP) is 0.617. The van der Waals surface area contributed by atoms with E-state index in [9.17, 15) is 19.6 Å². The Morgan fingerprint density at radius 1 is 1.23 bits per heavy atom. The minimum absolute atomic E-state index is 0.000880. The highest BCUT2D eigenvalue weighted by atomic mass is 16.4. The van der Waals surface area contributed by atoms with Crippen LogP contribution in [-0.4, -0.2) is 65.6 Å². The van der Waals surface area contributed by atoms with E-state index in [0.717, 1.165) is 12.8 Å². The van der Waals surface area contributed by atoms with Crippen molar-refractivity contribution in [1.82, 2.24) is 15.5 Å². The van der Waals surface area contributed by atoms with Crippen LogP contribution in [0.15, 0.2) is 0 Å². The van der Waals surface area contributed by atoms with Gasteiger partial charge in [-0.3, -0.25) is 9.59 Å². The van der Waals surface area contributed by atoms with E-state index in [4.69, 9.17) is 0 Å². The van der Waals surface area contributed by atoms with Gasteiger partial charge >= 0.3 is 7.12 Å². The van der Waals surface area contributed by atoms with Gasteiger partial charge in [-0.05, 0) is 66.4 Å². The molecule has 1 aliphatic carbocycles. The molecule has 2 amide bonds. The van der Waals surface area contributed by atoms with Crippen molar-refractivity contribution in [2.45, 2.75) is 70.8 Å².